The molecule has 1 N–H and O–H groups in total. The predicted molar refractivity (Wildman–Crippen MR) is 64.2 cm³/mol. The third-order valence-electron chi connectivity index (χ3n) is 3.44. The van der Waals surface area contributed by atoms with Crippen LogP contribution in [0.1, 0.15) is 33.1 Å². The molecular formula is C12H26N2O. The van der Waals surface area contributed by atoms with E-state index in [-0.39, 0.29) is 0 Å². The van der Waals surface area contributed by atoms with Crippen LogP contribution in [0.15, 0.2) is 0 Å². The fourth-order valence-electron chi connectivity index (χ4n) is 1.75. The van der Waals surface area contributed by atoms with Crippen LogP contribution in [0.25, 0.3) is 0 Å². The fourth-order valence-corrected chi connectivity index (χ4v) is 1.75. The van der Waals surface area contributed by atoms with Crippen LogP contribution in [0.2, 0.25) is 0 Å². The van der Waals surface area contributed by atoms with Gasteiger partial charge in [-0.05, 0) is 33.2 Å². The van der Waals surface area contributed by atoms with Crippen LogP contribution in [0, 0.1) is 0 Å². The normalized spacial score (nSPS) is 20.6. The van der Waals surface area contributed by atoms with E-state index >= 15 is 0 Å². The molecule has 90 valence electrons. The largest absolute Gasteiger partial charge is 0.383 e. The summed E-state index contributed by atoms with van der Waals surface area (Å²) >= 11 is 0. The van der Waals surface area contributed by atoms with Gasteiger partial charge in [0.2, 0.25) is 0 Å². The lowest BCUT2D eigenvalue weighted by Gasteiger charge is -2.32. The van der Waals surface area contributed by atoms with Crippen molar-refractivity contribution >= 4 is 0 Å². The molecular weight excluding hydrogens is 188 g/mol. The van der Waals surface area contributed by atoms with Crippen molar-refractivity contribution in [2.24, 2.45) is 0 Å². The fraction of sp³-hybridized carbons (Fsp3) is 1.00. The Balaban J connectivity index is 2.31. The number of hydrogen-bond acceptors (Lipinski definition) is 3. The number of likely N-dealkylation sites (N-methyl/N-ethyl adjacent to an activating group) is 1. The minimum atomic E-state index is 0.505. The predicted octanol–water partition coefficient (Wildman–Crippen LogP) is 1.48. The van der Waals surface area contributed by atoms with Gasteiger partial charge in [-0.25, -0.2) is 0 Å². The quantitative estimate of drug-likeness (QED) is 0.662. The van der Waals surface area contributed by atoms with Gasteiger partial charge >= 0.3 is 0 Å². The van der Waals surface area contributed by atoms with Gasteiger partial charge in [0, 0.05) is 31.8 Å². The van der Waals surface area contributed by atoms with Gasteiger partial charge in [0.1, 0.15) is 0 Å². The standard InChI is InChI=1S/C12H26N2O/c1-5-10(2)14(3)12(9-15-4)8-13-11-6-7-11/h10-13H,5-9H2,1-4H3. The Hall–Kier alpha value is -0.120. The SMILES string of the molecule is CCC(C)N(C)C(CNC1CC1)COC. The third-order valence-corrected chi connectivity index (χ3v) is 3.44. The van der Waals surface area contributed by atoms with E-state index in [0.29, 0.717) is 12.1 Å². The van der Waals surface area contributed by atoms with E-state index in [1.165, 1.54) is 19.3 Å². The second-order valence-electron chi connectivity index (χ2n) is 4.71. The summed E-state index contributed by atoms with van der Waals surface area (Å²) in [5.41, 5.74) is 0. The summed E-state index contributed by atoms with van der Waals surface area (Å²) in [4.78, 5) is 2.43. The van der Waals surface area contributed by atoms with Crippen molar-refractivity contribution in [2.75, 3.05) is 27.3 Å². The van der Waals surface area contributed by atoms with Crippen LogP contribution in [-0.2, 0) is 4.74 Å². The van der Waals surface area contributed by atoms with E-state index in [2.05, 4.69) is 31.1 Å². The summed E-state index contributed by atoms with van der Waals surface area (Å²) in [5, 5.41) is 3.58. The van der Waals surface area contributed by atoms with Crippen molar-refractivity contribution in [1.82, 2.24) is 10.2 Å². The Morgan fingerprint density at radius 2 is 2.13 bits per heavy atom. The zero-order valence-corrected chi connectivity index (χ0v) is 10.6. The third kappa shape index (κ3) is 4.49. The molecule has 0 aromatic rings. The van der Waals surface area contributed by atoms with Crippen LogP contribution in [0.3, 0.4) is 0 Å². The van der Waals surface area contributed by atoms with Gasteiger partial charge in [-0.15, -0.1) is 0 Å². The zero-order chi connectivity index (χ0) is 11.3. The Morgan fingerprint density at radius 3 is 2.60 bits per heavy atom. The molecule has 0 radical (unpaired) electrons. The molecule has 2 atom stereocenters. The molecule has 0 bridgehead atoms. The lowest BCUT2D eigenvalue weighted by atomic mass is 10.1. The molecule has 3 heteroatoms. The van der Waals surface area contributed by atoms with E-state index in [0.717, 1.165) is 19.2 Å². The molecule has 1 aliphatic rings. The molecule has 0 saturated heterocycles. The second kappa shape index (κ2) is 6.46. The summed E-state index contributed by atoms with van der Waals surface area (Å²) < 4.78 is 5.29. The van der Waals surface area contributed by atoms with E-state index in [1.807, 2.05) is 0 Å². The van der Waals surface area contributed by atoms with Crippen LogP contribution < -0.4 is 5.32 Å². The highest BCUT2D eigenvalue weighted by molar-refractivity contribution is 4.84. The number of rotatable bonds is 8. The van der Waals surface area contributed by atoms with Gasteiger partial charge in [0.25, 0.3) is 0 Å². The van der Waals surface area contributed by atoms with E-state index in [1.54, 1.807) is 7.11 Å². The molecule has 1 aliphatic carbocycles. The van der Waals surface area contributed by atoms with Gasteiger partial charge in [0.15, 0.2) is 0 Å². The first kappa shape index (κ1) is 12.9. The average Bonchev–Trinajstić information content (AvgIpc) is 3.05. The minimum Gasteiger partial charge on any atom is -0.383 e. The van der Waals surface area contributed by atoms with Crippen molar-refractivity contribution in [3.8, 4) is 0 Å². The van der Waals surface area contributed by atoms with Gasteiger partial charge in [-0.3, -0.25) is 4.90 Å². The molecule has 0 aromatic heterocycles. The highest BCUT2D eigenvalue weighted by atomic mass is 16.5. The lowest BCUT2D eigenvalue weighted by Crippen LogP contribution is -2.47. The van der Waals surface area contributed by atoms with Gasteiger partial charge < -0.3 is 10.1 Å². The smallest absolute Gasteiger partial charge is 0.0630 e. The van der Waals surface area contributed by atoms with Crippen molar-refractivity contribution < 1.29 is 4.74 Å². The molecule has 1 fully saturated rings. The summed E-state index contributed by atoms with van der Waals surface area (Å²) in [6.45, 7) is 6.39. The monoisotopic (exact) mass is 214 g/mol. The number of methoxy groups -OCH3 is 1. The summed E-state index contributed by atoms with van der Waals surface area (Å²) in [7, 11) is 3.99. The zero-order valence-electron chi connectivity index (χ0n) is 10.6. The van der Waals surface area contributed by atoms with Gasteiger partial charge in [0.05, 0.1) is 6.61 Å². The molecule has 0 spiro atoms. The average molecular weight is 214 g/mol. The molecule has 0 heterocycles. The number of ether oxygens (including phenoxy) is 1. The van der Waals surface area contributed by atoms with Crippen LogP contribution in [-0.4, -0.2) is 50.3 Å². The molecule has 2 unspecified atom stereocenters. The minimum absolute atomic E-state index is 0.505. The van der Waals surface area contributed by atoms with Crippen LogP contribution in [0.4, 0.5) is 0 Å². The maximum absolute atomic E-state index is 5.29. The molecule has 1 rings (SSSR count). The van der Waals surface area contributed by atoms with E-state index in [4.69, 9.17) is 4.74 Å². The number of hydrogen-bond donors (Lipinski definition) is 1. The van der Waals surface area contributed by atoms with Crippen LogP contribution in [0.5, 0.6) is 0 Å². The second-order valence-corrected chi connectivity index (χ2v) is 4.71. The van der Waals surface area contributed by atoms with Crippen molar-refractivity contribution in [3.63, 3.8) is 0 Å². The molecule has 0 aliphatic heterocycles. The molecule has 15 heavy (non-hydrogen) atoms. The Morgan fingerprint density at radius 1 is 1.47 bits per heavy atom. The first-order valence-electron chi connectivity index (χ1n) is 6.13. The Kier molecular flexibility index (Phi) is 5.58. The van der Waals surface area contributed by atoms with E-state index in [9.17, 15) is 0 Å². The Bertz CT molecular complexity index is 171. The summed E-state index contributed by atoms with van der Waals surface area (Å²) in [6.07, 6.45) is 3.90. The van der Waals surface area contributed by atoms with Crippen molar-refractivity contribution in [2.45, 2.75) is 51.2 Å². The molecule has 1 saturated carbocycles. The molecule has 3 nitrogen and oxygen atoms in total. The van der Waals surface area contributed by atoms with Crippen LogP contribution >= 0.6 is 0 Å². The van der Waals surface area contributed by atoms with Crippen molar-refractivity contribution in [3.05, 3.63) is 0 Å². The maximum Gasteiger partial charge on any atom is 0.0630 e. The Labute approximate surface area is 94.2 Å². The van der Waals surface area contributed by atoms with Gasteiger partial charge in [-0.2, -0.15) is 0 Å². The topological polar surface area (TPSA) is 24.5 Å². The molecule has 0 aromatic carbocycles. The number of nitrogens with one attached hydrogen (secondary N) is 1. The number of nitrogens with zero attached hydrogens (tertiary/aromatic N) is 1. The van der Waals surface area contributed by atoms with Crippen molar-refractivity contribution in [1.29, 1.82) is 0 Å². The maximum atomic E-state index is 5.29. The first-order valence-corrected chi connectivity index (χ1v) is 6.13. The first-order chi connectivity index (χ1) is 7.19. The lowest BCUT2D eigenvalue weighted by molar-refractivity contribution is 0.0824. The molecule has 0 amide bonds. The van der Waals surface area contributed by atoms with E-state index < -0.39 is 0 Å². The highest BCUT2D eigenvalue weighted by Gasteiger charge is 2.24. The highest BCUT2D eigenvalue weighted by Crippen LogP contribution is 2.18. The summed E-state index contributed by atoms with van der Waals surface area (Å²) in [6, 6.07) is 1.92. The summed E-state index contributed by atoms with van der Waals surface area (Å²) in [5.74, 6) is 0. The van der Waals surface area contributed by atoms with Gasteiger partial charge in [-0.1, -0.05) is 6.92 Å².